The SMILES string of the molecule is CC(C(=O)O)c1ccc(CNCCN(C)C2CC2)cc1. The van der Waals surface area contributed by atoms with Crippen LogP contribution in [0.1, 0.15) is 36.8 Å². The first kappa shape index (κ1) is 15.0. The number of benzene rings is 1. The van der Waals surface area contributed by atoms with Gasteiger partial charge in [0.05, 0.1) is 5.92 Å². The maximum Gasteiger partial charge on any atom is 0.310 e. The van der Waals surface area contributed by atoms with E-state index in [2.05, 4.69) is 17.3 Å². The number of carboxylic acid groups (broad SMARTS) is 1. The summed E-state index contributed by atoms with van der Waals surface area (Å²) in [5.41, 5.74) is 2.05. The first-order valence-corrected chi connectivity index (χ1v) is 7.30. The Morgan fingerprint density at radius 2 is 2.05 bits per heavy atom. The summed E-state index contributed by atoms with van der Waals surface area (Å²) in [6, 6.07) is 8.64. The zero-order chi connectivity index (χ0) is 14.5. The van der Waals surface area contributed by atoms with Crippen LogP contribution < -0.4 is 5.32 Å². The number of rotatable bonds is 8. The first-order chi connectivity index (χ1) is 9.58. The number of carboxylic acids is 1. The fraction of sp³-hybridized carbons (Fsp3) is 0.562. The van der Waals surface area contributed by atoms with Crippen LogP contribution in [0, 0.1) is 0 Å². The number of likely N-dealkylation sites (N-methyl/N-ethyl adjacent to an activating group) is 1. The second kappa shape index (κ2) is 6.86. The Hall–Kier alpha value is -1.39. The lowest BCUT2D eigenvalue weighted by molar-refractivity contribution is -0.138. The molecule has 0 saturated heterocycles. The van der Waals surface area contributed by atoms with E-state index in [1.165, 1.54) is 18.4 Å². The van der Waals surface area contributed by atoms with E-state index in [1.54, 1.807) is 6.92 Å². The molecule has 0 spiro atoms. The normalized spacial score (nSPS) is 16.4. The molecule has 2 rings (SSSR count). The maximum absolute atomic E-state index is 10.9. The Kier molecular flexibility index (Phi) is 5.15. The minimum absolute atomic E-state index is 0.441. The molecule has 0 aromatic heterocycles. The van der Waals surface area contributed by atoms with Crippen LogP contribution in [0.2, 0.25) is 0 Å². The standard InChI is InChI=1S/C16H24N2O2/c1-12(16(19)20)14-5-3-13(4-6-14)11-17-9-10-18(2)15-7-8-15/h3-6,12,15,17H,7-11H2,1-2H3,(H,19,20). The molecule has 1 atom stereocenters. The van der Waals surface area contributed by atoms with E-state index in [0.29, 0.717) is 0 Å². The Morgan fingerprint density at radius 3 is 2.60 bits per heavy atom. The predicted molar refractivity (Wildman–Crippen MR) is 79.9 cm³/mol. The van der Waals surface area contributed by atoms with Gasteiger partial charge < -0.3 is 15.3 Å². The average molecular weight is 276 g/mol. The van der Waals surface area contributed by atoms with E-state index in [1.807, 2.05) is 24.3 Å². The molecular formula is C16H24N2O2. The molecule has 0 aliphatic heterocycles. The van der Waals surface area contributed by atoms with Crippen molar-refractivity contribution in [1.29, 1.82) is 0 Å². The maximum atomic E-state index is 10.9. The molecule has 1 aromatic rings. The Morgan fingerprint density at radius 1 is 1.40 bits per heavy atom. The largest absolute Gasteiger partial charge is 0.481 e. The second-order valence-corrected chi connectivity index (χ2v) is 5.69. The summed E-state index contributed by atoms with van der Waals surface area (Å²) in [7, 11) is 2.18. The van der Waals surface area contributed by atoms with Crippen molar-refractivity contribution in [2.45, 2.75) is 38.3 Å². The molecule has 1 unspecified atom stereocenters. The number of nitrogens with zero attached hydrogens (tertiary/aromatic N) is 1. The topological polar surface area (TPSA) is 52.6 Å². The van der Waals surface area contributed by atoms with Crippen molar-refractivity contribution < 1.29 is 9.90 Å². The molecule has 0 bridgehead atoms. The van der Waals surface area contributed by atoms with E-state index in [4.69, 9.17) is 5.11 Å². The molecule has 1 fully saturated rings. The fourth-order valence-corrected chi connectivity index (χ4v) is 2.25. The predicted octanol–water partition coefficient (Wildman–Crippen LogP) is 2.06. The lowest BCUT2D eigenvalue weighted by Crippen LogP contribution is -2.30. The summed E-state index contributed by atoms with van der Waals surface area (Å²) in [6.07, 6.45) is 2.69. The van der Waals surface area contributed by atoms with E-state index in [0.717, 1.165) is 31.2 Å². The third kappa shape index (κ3) is 4.32. The van der Waals surface area contributed by atoms with Gasteiger partial charge in [-0.25, -0.2) is 0 Å². The number of carbonyl (C=O) groups is 1. The van der Waals surface area contributed by atoms with Crippen molar-refractivity contribution in [2.24, 2.45) is 0 Å². The zero-order valence-corrected chi connectivity index (χ0v) is 12.3. The van der Waals surface area contributed by atoms with Crippen LogP contribution in [-0.4, -0.2) is 42.2 Å². The molecule has 0 radical (unpaired) electrons. The molecule has 20 heavy (non-hydrogen) atoms. The molecule has 4 heteroatoms. The number of aliphatic carboxylic acids is 1. The summed E-state index contributed by atoms with van der Waals surface area (Å²) in [5, 5.41) is 12.4. The molecule has 1 aliphatic rings. The molecule has 1 aliphatic carbocycles. The molecule has 110 valence electrons. The van der Waals surface area contributed by atoms with Gasteiger partial charge in [-0.15, -0.1) is 0 Å². The molecule has 0 amide bonds. The Balaban J connectivity index is 1.71. The van der Waals surface area contributed by atoms with Gasteiger partial charge in [0.15, 0.2) is 0 Å². The van der Waals surface area contributed by atoms with Crippen LogP contribution in [0.4, 0.5) is 0 Å². The quantitative estimate of drug-likeness (QED) is 0.714. The molecule has 2 N–H and O–H groups in total. The van der Waals surface area contributed by atoms with Gasteiger partial charge in [-0.05, 0) is 37.9 Å². The monoisotopic (exact) mass is 276 g/mol. The van der Waals surface area contributed by atoms with Crippen molar-refractivity contribution in [3.8, 4) is 0 Å². The summed E-state index contributed by atoms with van der Waals surface area (Å²) < 4.78 is 0. The highest BCUT2D eigenvalue weighted by Crippen LogP contribution is 2.24. The van der Waals surface area contributed by atoms with Gasteiger partial charge in [-0.2, -0.15) is 0 Å². The van der Waals surface area contributed by atoms with Crippen LogP contribution in [0.3, 0.4) is 0 Å². The van der Waals surface area contributed by atoms with Crippen molar-refractivity contribution in [2.75, 3.05) is 20.1 Å². The third-order valence-electron chi connectivity index (χ3n) is 3.99. The molecule has 1 saturated carbocycles. The third-order valence-corrected chi connectivity index (χ3v) is 3.99. The van der Waals surface area contributed by atoms with Crippen LogP contribution in [0.25, 0.3) is 0 Å². The fourth-order valence-electron chi connectivity index (χ4n) is 2.25. The Bertz CT molecular complexity index is 440. The van der Waals surface area contributed by atoms with Gasteiger partial charge in [-0.1, -0.05) is 24.3 Å². The van der Waals surface area contributed by atoms with E-state index < -0.39 is 11.9 Å². The molecule has 1 aromatic carbocycles. The highest BCUT2D eigenvalue weighted by atomic mass is 16.4. The van der Waals surface area contributed by atoms with Gasteiger partial charge >= 0.3 is 5.97 Å². The van der Waals surface area contributed by atoms with Gasteiger partial charge in [0.1, 0.15) is 0 Å². The minimum atomic E-state index is -0.779. The average Bonchev–Trinajstić information content (AvgIpc) is 3.27. The molecular weight excluding hydrogens is 252 g/mol. The summed E-state index contributed by atoms with van der Waals surface area (Å²) in [5.74, 6) is -1.22. The van der Waals surface area contributed by atoms with Gasteiger partial charge in [-0.3, -0.25) is 4.79 Å². The summed E-state index contributed by atoms with van der Waals surface area (Å²) >= 11 is 0. The van der Waals surface area contributed by atoms with Crippen molar-refractivity contribution in [1.82, 2.24) is 10.2 Å². The highest BCUT2D eigenvalue weighted by molar-refractivity contribution is 5.75. The van der Waals surface area contributed by atoms with Crippen molar-refractivity contribution in [3.05, 3.63) is 35.4 Å². The van der Waals surface area contributed by atoms with Crippen LogP contribution in [0.15, 0.2) is 24.3 Å². The van der Waals surface area contributed by atoms with Crippen LogP contribution in [0.5, 0.6) is 0 Å². The van der Waals surface area contributed by atoms with Gasteiger partial charge in [0, 0.05) is 25.7 Å². The van der Waals surface area contributed by atoms with Crippen LogP contribution in [-0.2, 0) is 11.3 Å². The molecule has 0 heterocycles. The number of hydrogen-bond acceptors (Lipinski definition) is 3. The van der Waals surface area contributed by atoms with E-state index in [9.17, 15) is 4.79 Å². The Labute approximate surface area is 120 Å². The van der Waals surface area contributed by atoms with Crippen molar-refractivity contribution in [3.63, 3.8) is 0 Å². The number of nitrogens with one attached hydrogen (secondary N) is 1. The van der Waals surface area contributed by atoms with Crippen molar-refractivity contribution >= 4 is 5.97 Å². The molecule has 4 nitrogen and oxygen atoms in total. The highest BCUT2D eigenvalue weighted by Gasteiger charge is 2.25. The lowest BCUT2D eigenvalue weighted by Gasteiger charge is -2.15. The summed E-state index contributed by atoms with van der Waals surface area (Å²) in [4.78, 5) is 13.3. The summed E-state index contributed by atoms with van der Waals surface area (Å²) in [6.45, 7) is 4.61. The first-order valence-electron chi connectivity index (χ1n) is 7.30. The second-order valence-electron chi connectivity index (χ2n) is 5.69. The van der Waals surface area contributed by atoms with Gasteiger partial charge in [0.25, 0.3) is 0 Å². The lowest BCUT2D eigenvalue weighted by atomic mass is 10.0. The van der Waals surface area contributed by atoms with Gasteiger partial charge in [0.2, 0.25) is 0 Å². The number of hydrogen-bond donors (Lipinski definition) is 2. The zero-order valence-electron chi connectivity index (χ0n) is 12.3. The minimum Gasteiger partial charge on any atom is -0.481 e. The van der Waals surface area contributed by atoms with E-state index >= 15 is 0 Å². The van der Waals surface area contributed by atoms with Crippen LogP contribution >= 0.6 is 0 Å². The van der Waals surface area contributed by atoms with E-state index in [-0.39, 0.29) is 0 Å². The smallest absolute Gasteiger partial charge is 0.310 e.